The first-order valence-electron chi connectivity index (χ1n) is 5.06. The molecule has 0 radical (unpaired) electrons. The number of likely N-dealkylation sites (N-methyl/N-ethyl adjacent to an activating group) is 1. The normalized spacial score (nSPS) is 16.2. The first-order valence-corrected chi connectivity index (χ1v) is 5.06. The fraction of sp³-hybridized carbons (Fsp3) is 1.00. The van der Waals surface area contributed by atoms with Crippen molar-refractivity contribution in [2.45, 2.75) is 39.3 Å². The Bertz CT molecular complexity index is 119. The fourth-order valence-electron chi connectivity index (χ4n) is 1.39. The van der Waals surface area contributed by atoms with Crippen LogP contribution >= 0.6 is 0 Å². The van der Waals surface area contributed by atoms with Crippen LogP contribution in [0.4, 0.5) is 0 Å². The summed E-state index contributed by atoms with van der Waals surface area (Å²) < 4.78 is 4.89. The minimum atomic E-state index is -0.362. The monoisotopic (exact) mass is 189 g/mol. The third kappa shape index (κ3) is 5.24. The summed E-state index contributed by atoms with van der Waals surface area (Å²) in [6.07, 6.45) is 0.757. The highest BCUT2D eigenvalue weighted by Crippen LogP contribution is 2.04. The Kier molecular flexibility index (Phi) is 7.23. The van der Waals surface area contributed by atoms with Gasteiger partial charge in [-0.25, -0.2) is 0 Å². The van der Waals surface area contributed by atoms with Crippen molar-refractivity contribution >= 4 is 0 Å². The molecular weight excluding hydrogens is 166 g/mol. The molecule has 0 aliphatic rings. The van der Waals surface area contributed by atoms with Gasteiger partial charge in [-0.2, -0.15) is 0 Å². The zero-order chi connectivity index (χ0) is 10.3. The smallest absolute Gasteiger partial charge is 0.0900 e. The number of aliphatic hydroxyl groups is 1. The molecule has 0 aromatic rings. The highest BCUT2D eigenvalue weighted by atomic mass is 16.5. The molecule has 0 aromatic heterocycles. The maximum absolute atomic E-state index is 9.53. The molecule has 0 aliphatic heterocycles. The second kappa shape index (κ2) is 7.30. The van der Waals surface area contributed by atoms with Crippen LogP contribution in [0.25, 0.3) is 0 Å². The second-order valence-electron chi connectivity index (χ2n) is 3.45. The first-order chi connectivity index (χ1) is 6.15. The van der Waals surface area contributed by atoms with Crippen molar-refractivity contribution < 1.29 is 9.84 Å². The Labute approximate surface area is 81.7 Å². The molecule has 0 spiro atoms. The molecule has 3 heteroatoms. The van der Waals surface area contributed by atoms with Gasteiger partial charge in [-0.1, -0.05) is 13.8 Å². The molecule has 0 aliphatic carbocycles. The van der Waals surface area contributed by atoms with E-state index in [1.165, 1.54) is 0 Å². The molecule has 13 heavy (non-hydrogen) atoms. The molecule has 0 fully saturated rings. The van der Waals surface area contributed by atoms with E-state index in [1.807, 2.05) is 0 Å². The van der Waals surface area contributed by atoms with E-state index in [0.717, 1.165) is 13.0 Å². The van der Waals surface area contributed by atoms with Crippen LogP contribution in [0.15, 0.2) is 0 Å². The van der Waals surface area contributed by atoms with Crippen molar-refractivity contribution in [1.82, 2.24) is 4.90 Å². The predicted octanol–water partition coefficient (Wildman–Crippen LogP) is 1.11. The Morgan fingerprint density at radius 1 is 1.38 bits per heavy atom. The summed E-state index contributed by atoms with van der Waals surface area (Å²) in [6.45, 7) is 8.58. The summed E-state index contributed by atoms with van der Waals surface area (Å²) in [6, 6.07) is 0.538. The summed E-state index contributed by atoms with van der Waals surface area (Å²) in [5, 5.41) is 9.53. The van der Waals surface area contributed by atoms with Crippen LogP contribution in [0.3, 0.4) is 0 Å². The highest BCUT2D eigenvalue weighted by molar-refractivity contribution is 4.68. The number of aliphatic hydroxyl groups excluding tert-OH is 1. The quantitative estimate of drug-likeness (QED) is 0.651. The number of methoxy groups -OCH3 is 1. The summed E-state index contributed by atoms with van der Waals surface area (Å²) in [7, 11) is 1.61. The van der Waals surface area contributed by atoms with Gasteiger partial charge in [0.25, 0.3) is 0 Å². The molecule has 0 saturated heterocycles. The molecule has 0 rings (SSSR count). The summed E-state index contributed by atoms with van der Waals surface area (Å²) in [5.74, 6) is 0. The number of hydrogen-bond acceptors (Lipinski definition) is 3. The van der Waals surface area contributed by atoms with Gasteiger partial charge in [0, 0.05) is 19.7 Å². The molecular formula is C10H23NO2. The number of hydrogen-bond donors (Lipinski definition) is 1. The van der Waals surface area contributed by atoms with Gasteiger partial charge in [0.15, 0.2) is 0 Å². The van der Waals surface area contributed by atoms with Gasteiger partial charge in [0.1, 0.15) is 0 Å². The molecule has 0 bridgehead atoms. The molecule has 2 unspecified atom stereocenters. The third-order valence-electron chi connectivity index (χ3n) is 2.42. The molecule has 0 amide bonds. The van der Waals surface area contributed by atoms with Gasteiger partial charge in [-0.05, 0) is 19.9 Å². The molecule has 1 N–H and O–H groups in total. The van der Waals surface area contributed by atoms with Gasteiger partial charge >= 0.3 is 0 Å². The van der Waals surface area contributed by atoms with Crippen LogP contribution in [0.5, 0.6) is 0 Å². The lowest BCUT2D eigenvalue weighted by Crippen LogP contribution is -2.40. The summed E-state index contributed by atoms with van der Waals surface area (Å²) in [4.78, 5) is 2.27. The number of nitrogens with zero attached hydrogens (tertiary/aromatic N) is 1. The van der Waals surface area contributed by atoms with Gasteiger partial charge < -0.3 is 9.84 Å². The SMILES string of the molecule is CCC(C)N(CC)CC(O)COC. The third-order valence-corrected chi connectivity index (χ3v) is 2.42. The molecule has 80 valence electrons. The maximum Gasteiger partial charge on any atom is 0.0900 e. The Morgan fingerprint density at radius 3 is 2.38 bits per heavy atom. The van der Waals surface area contributed by atoms with Crippen LogP contribution in [0.2, 0.25) is 0 Å². The van der Waals surface area contributed by atoms with Crippen LogP contribution < -0.4 is 0 Å². The van der Waals surface area contributed by atoms with E-state index in [4.69, 9.17) is 4.74 Å². The fourth-order valence-corrected chi connectivity index (χ4v) is 1.39. The lowest BCUT2D eigenvalue weighted by molar-refractivity contribution is 0.0295. The van der Waals surface area contributed by atoms with Crippen molar-refractivity contribution in [3.63, 3.8) is 0 Å². The number of rotatable bonds is 7. The summed E-state index contributed by atoms with van der Waals surface area (Å²) >= 11 is 0. The van der Waals surface area contributed by atoms with E-state index in [2.05, 4.69) is 25.7 Å². The average Bonchev–Trinajstić information content (AvgIpc) is 2.13. The van der Waals surface area contributed by atoms with Crippen LogP contribution in [0.1, 0.15) is 27.2 Å². The average molecular weight is 189 g/mol. The van der Waals surface area contributed by atoms with Crippen molar-refractivity contribution in [2.24, 2.45) is 0 Å². The summed E-state index contributed by atoms with van der Waals surface area (Å²) in [5.41, 5.74) is 0. The predicted molar refractivity (Wildman–Crippen MR) is 54.9 cm³/mol. The van der Waals surface area contributed by atoms with E-state index in [-0.39, 0.29) is 6.10 Å². The molecule has 0 saturated carbocycles. The topological polar surface area (TPSA) is 32.7 Å². The largest absolute Gasteiger partial charge is 0.389 e. The van der Waals surface area contributed by atoms with Crippen molar-refractivity contribution in [3.8, 4) is 0 Å². The van der Waals surface area contributed by atoms with Crippen molar-refractivity contribution in [1.29, 1.82) is 0 Å². The van der Waals surface area contributed by atoms with Crippen LogP contribution in [-0.4, -0.2) is 49.0 Å². The second-order valence-corrected chi connectivity index (χ2v) is 3.45. The highest BCUT2D eigenvalue weighted by Gasteiger charge is 2.14. The minimum absolute atomic E-state index is 0.362. The molecule has 0 heterocycles. The zero-order valence-electron chi connectivity index (χ0n) is 9.29. The lowest BCUT2D eigenvalue weighted by atomic mass is 10.2. The van der Waals surface area contributed by atoms with E-state index >= 15 is 0 Å². The molecule has 2 atom stereocenters. The zero-order valence-corrected chi connectivity index (χ0v) is 9.29. The van der Waals surface area contributed by atoms with Gasteiger partial charge in [0.05, 0.1) is 12.7 Å². The maximum atomic E-state index is 9.53. The van der Waals surface area contributed by atoms with Gasteiger partial charge in [0.2, 0.25) is 0 Å². The van der Waals surface area contributed by atoms with Gasteiger partial charge in [-0.3, -0.25) is 4.90 Å². The minimum Gasteiger partial charge on any atom is -0.389 e. The lowest BCUT2D eigenvalue weighted by Gasteiger charge is -2.28. The first kappa shape index (κ1) is 12.9. The molecule has 3 nitrogen and oxygen atoms in total. The van der Waals surface area contributed by atoms with Crippen LogP contribution in [0, 0.1) is 0 Å². The molecule has 0 aromatic carbocycles. The standard InChI is InChI=1S/C10H23NO2/c1-5-9(3)11(6-2)7-10(12)8-13-4/h9-10,12H,5-8H2,1-4H3. The van der Waals surface area contributed by atoms with Crippen molar-refractivity contribution in [3.05, 3.63) is 0 Å². The Morgan fingerprint density at radius 2 is 2.00 bits per heavy atom. The van der Waals surface area contributed by atoms with E-state index in [1.54, 1.807) is 7.11 Å². The van der Waals surface area contributed by atoms with Crippen LogP contribution in [-0.2, 0) is 4.74 Å². The van der Waals surface area contributed by atoms with E-state index < -0.39 is 0 Å². The van der Waals surface area contributed by atoms with E-state index in [9.17, 15) is 5.11 Å². The Hall–Kier alpha value is -0.120. The Balaban J connectivity index is 3.82. The van der Waals surface area contributed by atoms with E-state index in [0.29, 0.717) is 19.2 Å². The van der Waals surface area contributed by atoms with Gasteiger partial charge in [-0.15, -0.1) is 0 Å². The number of ether oxygens (including phenoxy) is 1. The van der Waals surface area contributed by atoms with Crippen molar-refractivity contribution in [2.75, 3.05) is 26.8 Å².